The third-order valence-electron chi connectivity index (χ3n) is 4.26. The first-order chi connectivity index (χ1) is 10.3. The number of nitrogens with two attached hydrogens (primary N) is 1. The Kier molecular flexibility index (Phi) is 3.07. The molecule has 0 radical (unpaired) electrons. The van der Waals surface area contributed by atoms with Gasteiger partial charge < -0.3 is 10.3 Å². The zero-order valence-electron chi connectivity index (χ0n) is 11.8. The Morgan fingerprint density at radius 3 is 3.05 bits per heavy atom. The first-order valence-corrected chi connectivity index (χ1v) is 7.45. The van der Waals surface area contributed by atoms with Crippen LogP contribution in [0.2, 0.25) is 0 Å². The van der Waals surface area contributed by atoms with E-state index >= 15 is 0 Å². The van der Waals surface area contributed by atoms with Crippen molar-refractivity contribution in [2.75, 3.05) is 18.8 Å². The molecule has 1 aliphatic heterocycles. The van der Waals surface area contributed by atoms with Gasteiger partial charge in [-0.05, 0) is 38.1 Å². The van der Waals surface area contributed by atoms with Gasteiger partial charge in [0.2, 0.25) is 11.7 Å². The fourth-order valence-corrected chi connectivity index (χ4v) is 2.95. The number of rotatable bonds is 4. The molecule has 110 valence electrons. The summed E-state index contributed by atoms with van der Waals surface area (Å²) < 4.78 is 5.48. The highest BCUT2D eigenvalue weighted by molar-refractivity contribution is 5.66. The Bertz CT molecular complexity index is 638. The molecule has 0 amide bonds. The van der Waals surface area contributed by atoms with Gasteiger partial charge in [0, 0.05) is 12.7 Å². The lowest BCUT2D eigenvalue weighted by Gasteiger charge is -2.20. The summed E-state index contributed by atoms with van der Waals surface area (Å²) in [4.78, 5) is 14.9. The van der Waals surface area contributed by atoms with E-state index < -0.39 is 0 Å². The largest absolute Gasteiger partial charge is 0.383 e. The number of hydrogen-bond acceptors (Lipinski definition) is 7. The van der Waals surface area contributed by atoms with Crippen LogP contribution in [0.1, 0.15) is 37.6 Å². The summed E-state index contributed by atoms with van der Waals surface area (Å²) in [7, 11) is 0. The highest BCUT2D eigenvalue weighted by atomic mass is 16.5. The summed E-state index contributed by atoms with van der Waals surface area (Å²) in [6.07, 6.45) is 8.01. The molecule has 0 aromatic carbocycles. The zero-order valence-corrected chi connectivity index (χ0v) is 11.8. The summed E-state index contributed by atoms with van der Waals surface area (Å²) in [5, 5.41) is 4.05. The van der Waals surface area contributed by atoms with Crippen molar-refractivity contribution < 1.29 is 4.52 Å². The van der Waals surface area contributed by atoms with Gasteiger partial charge in [0.15, 0.2) is 0 Å². The lowest BCUT2D eigenvalue weighted by atomic mass is 10.2. The summed E-state index contributed by atoms with van der Waals surface area (Å²) in [5.74, 6) is 2.40. The fraction of sp³-hybridized carbons (Fsp3) is 0.571. The van der Waals surface area contributed by atoms with Gasteiger partial charge in [-0.2, -0.15) is 4.98 Å². The van der Waals surface area contributed by atoms with Crippen LogP contribution in [-0.2, 0) is 0 Å². The molecule has 1 saturated heterocycles. The van der Waals surface area contributed by atoms with Crippen LogP contribution in [0, 0.1) is 5.92 Å². The minimum Gasteiger partial charge on any atom is -0.383 e. The maximum atomic E-state index is 5.83. The normalized spacial score (nSPS) is 22.8. The second-order valence-corrected chi connectivity index (χ2v) is 5.87. The molecule has 1 aliphatic carbocycles. The third kappa shape index (κ3) is 2.49. The molecule has 2 aromatic heterocycles. The van der Waals surface area contributed by atoms with Crippen LogP contribution in [0.25, 0.3) is 11.4 Å². The van der Waals surface area contributed by atoms with Crippen molar-refractivity contribution in [3.8, 4) is 11.4 Å². The van der Waals surface area contributed by atoms with Gasteiger partial charge in [-0.15, -0.1) is 0 Å². The van der Waals surface area contributed by atoms with Crippen molar-refractivity contribution in [3.63, 3.8) is 0 Å². The van der Waals surface area contributed by atoms with E-state index in [1.54, 1.807) is 6.20 Å². The molecular formula is C14H18N6O. The van der Waals surface area contributed by atoms with Crippen molar-refractivity contribution in [2.24, 2.45) is 5.92 Å². The van der Waals surface area contributed by atoms with Gasteiger partial charge in [-0.25, -0.2) is 9.97 Å². The molecule has 2 aromatic rings. The van der Waals surface area contributed by atoms with Gasteiger partial charge in [0.1, 0.15) is 12.1 Å². The van der Waals surface area contributed by atoms with Crippen LogP contribution in [0.5, 0.6) is 0 Å². The number of anilines is 1. The van der Waals surface area contributed by atoms with Crippen LogP contribution >= 0.6 is 0 Å². The van der Waals surface area contributed by atoms with Crippen molar-refractivity contribution in [3.05, 3.63) is 18.4 Å². The molecule has 0 unspecified atom stereocenters. The van der Waals surface area contributed by atoms with E-state index in [0.29, 0.717) is 23.1 Å². The molecule has 7 heteroatoms. The first kappa shape index (κ1) is 12.7. The second kappa shape index (κ2) is 5.07. The minimum atomic E-state index is 0.248. The predicted molar refractivity (Wildman–Crippen MR) is 76.0 cm³/mol. The molecular weight excluding hydrogens is 268 g/mol. The van der Waals surface area contributed by atoms with Gasteiger partial charge in [0.25, 0.3) is 0 Å². The minimum absolute atomic E-state index is 0.248. The lowest BCUT2D eigenvalue weighted by molar-refractivity contribution is 0.201. The van der Waals surface area contributed by atoms with Gasteiger partial charge in [-0.3, -0.25) is 4.90 Å². The van der Waals surface area contributed by atoms with Crippen molar-refractivity contribution in [1.29, 1.82) is 0 Å². The number of hydrogen-bond donors (Lipinski definition) is 1. The Morgan fingerprint density at radius 2 is 2.24 bits per heavy atom. The van der Waals surface area contributed by atoms with Crippen LogP contribution in [0.4, 0.5) is 5.82 Å². The first-order valence-electron chi connectivity index (χ1n) is 7.45. The van der Waals surface area contributed by atoms with E-state index in [1.807, 2.05) is 0 Å². The van der Waals surface area contributed by atoms with Gasteiger partial charge in [0.05, 0.1) is 11.6 Å². The fourth-order valence-electron chi connectivity index (χ4n) is 2.95. The summed E-state index contributed by atoms with van der Waals surface area (Å²) in [6.45, 7) is 2.27. The number of nitrogens with zero attached hydrogens (tertiary/aromatic N) is 5. The van der Waals surface area contributed by atoms with E-state index in [4.69, 9.17) is 10.3 Å². The van der Waals surface area contributed by atoms with Crippen molar-refractivity contribution in [2.45, 2.75) is 31.7 Å². The number of likely N-dealkylation sites (tertiary alicyclic amines) is 1. The number of nitrogen functional groups attached to an aromatic ring is 1. The third-order valence-corrected chi connectivity index (χ3v) is 4.26. The van der Waals surface area contributed by atoms with E-state index in [1.165, 1.54) is 25.6 Å². The molecule has 0 spiro atoms. The SMILES string of the molecule is Nc1ncncc1-c1noc([C@H]2CCCN2CC2CC2)n1. The van der Waals surface area contributed by atoms with Gasteiger partial charge >= 0.3 is 0 Å². The second-order valence-electron chi connectivity index (χ2n) is 5.87. The zero-order chi connectivity index (χ0) is 14.2. The maximum Gasteiger partial charge on any atom is 0.244 e. The lowest BCUT2D eigenvalue weighted by Crippen LogP contribution is -2.25. The van der Waals surface area contributed by atoms with Crippen molar-refractivity contribution >= 4 is 5.82 Å². The standard InChI is InChI=1S/C14H18N6O/c15-12-10(6-16-8-17-12)13-18-14(21-19-13)11-2-1-5-20(11)7-9-3-4-9/h6,8-9,11H,1-5,7H2,(H2,15,16,17)/t11-/m1/s1. The Balaban J connectivity index is 1.57. The topological polar surface area (TPSA) is 94.0 Å². The Hall–Kier alpha value is -2.02. The van der Waals surface area contributed by atoms with Crippen LogP contribution < -0.4 is 5.73 Å². The molecule has 21 heavy (non-hydrogen) atoms. The van der Waals surface area contributed by atoms with E-state index in [9.17, 15) is 0 Å². The molecule has 0 bridgehead atoms. The molecule has 2 N–H and O–H groups in total. The summed E-state index contributed by atoms with van der Waals surface area (Å²) >= 11 is 0. The molecule has 2 aliphatic rings. The van der Waals surface area contributed by atoms with E-state index in [2.05, 4.69) is 25.0 Å². The average Bonchev–Trinajstić information content (AvgIpc) is 2.99. The Morgan fingerprint density at radius 1 is 1.33 bits per heavy atom. The summed E-state index contributed by atoms with van der Waals surface area (Å²) in [5.41, 5.74) is 6.46. The maximum absolute atomic E-state index is 5.83. The molecule has 4 rings (SSSR count). The molecule has 2 fully saturated rings. The highest BCUT2D eigenvalue weighted by Gasteiger charge is 2.34. The predicted octanol–water partition coefficient (Wildman–Crippen LogP) is 1.66. The summed E-state index contributed by atoms with van der Waals surface area (Å²) in [6, 6.07) is 0.248. The monoisotopic (exact) mass is 286 g/mol. The van der Waals surface area contributed by atoms with Gasteiger partial charge in [-0.1, -0.05) is 5.16 Å². The van der Waals surface area contributed by atoms with Crippen LogP contribution in [0.3, 0.4) is 0 Å². The molecule has 1 atom stereocenters. The number of aromatic nitrogens is 4. The average molecular weight is 286 g/mol. The highest BCUT2D eigenvalue weighted by Crippen LogP contribution is 2.37. The van der Waals surface area contributed by atoms with Crippen LogP contribution in [-0.4, -0.2) is 38.1 Å². The molecule has 1 saturated carbocycles. The molecule has 7 nitrogen and oxygen atoms in total. The van der Waals surface area contributed by atoms with Crippen LogP contribution in [0.15, 0.2) is 17.0 Å². The smallest absolute Gasteiger partial charge is 0.244 e. The van der Waals surface area contributed by atoms with E-state index in [0.717, 1.165) is 25.4 Å². The Labute approximate surface area is 122 Å². The quantitative estimate of drug-likeness (QED) is 0.913. The van der Waals surface area contributed by atoms with Crippen molar-refractivity contribution in [1.82, 2.24) is 25.0 Å². The molecule has 3 heterocycles. The van der Waals surface area contributed by atoms with E-state index in [-0.39, 0.29) is 6.04 Å².